The van der Waals surface area contributed by atoms with Gasteiger partial charge in [-0.2, -0.15) is 0 Å². The molecule has 2 aromatic heterocycles. The van der Waals surface area contributed by atoms with Crippen molar-refractivity contribution in [3.8, 4) is 5.75 Å². The Labute approximate surface area is 182 Å². The monoisotopic (exact) mass is 420 g/mol. The van der Waals surface area contributed by atoms with Crippen molar-refractivity contribution in [1.82, 2.24) is 10.3 Å². The van der Waals surface area contributed by atoms with E-state index in [2.05, 4.69) is 10.3 Å². The molecule has 0 unspecified atom stereocenters. The molecule has 0 aliphatic carbocycles. The van der Waals surface area contributed by atoms with Crippen LogP contribution in [0.5, 0.6) is 5.75 Å². The number of fused-ring (bicyclic) bond motifs is 1. The minimum atomic E-state index is -0.410. The fourth-order valence-corrected chi connectivity index (χ4v) is 3.33. The van der Waals surface area contributed by atoms with E-state index in [4.69, 9.17) is 9.15 Å². The molecule has 0 aliphatic rings. The first-order chi connectivity index (χ1) is 14.9. The van der Waals surface area contributed by atoms with Gasteiger partial charge in [-0.3, -0.25) is 9.78 Å². The Hall–Kier alpha value is -3.41. The Bertz CT molecular complexity index is 1160. The minimum Gasteiger partial charge on any atom is -0.489 e. The third-order valence-electron chi connectivity index (χ3n) is 5.18. The fourth-order valence-electron chi connectivity index (χ4n) is 3.33. The Kier molecular flexibility index (Phi) is 7.23. The standard InChI is InChI=1S/C25H28N2O4/c1-16(2)12-14-30-22-10-8-20-17(3)21(25(29)31-24(20)18(22)4)9-11-23(28)27-15-19-7-5-6-13-26-19/h5-8,10,12-13H,9,11,14-15H2,1-4H3,(H,27,28). The highest BCUT2D eigenvalue weighted by molar-refractivity contribution is 5.85. The summed E-state index contributed by atoms with van der Waals surface area (Å²) in [6.07, 6.45) is 4.20. The number of allylic oxidation sites excluding steroid dienone is 1. The number of rotatable bonds is 8. The second kappa shape index (κ2) is 10.1. The Morgan fingerprint density at radius 3 is 2.68 bits per heavy atom. The molecule has 3 aromatic rings. The van der Waals surface area contributed by atoms with Crippen LogP contribution in [0, 0.1) is 13.8 Å². The number of hydrogen-bond donors (Lipinski definition) is 1. The molecule has 1 N–H and O–H groups in total. The molecule has 6 nitrogen and oxygen atoms in total. The van der Waals surface area contributed by atoms with Gasteiger partial charge in [-0.25, -0.2) is 4.79 Å². The SMILES string of the molecule is CC(C)=CCOc1ccc2c(C)c(CCC(=O)NCc3ccccn3)c(=O)oc2c1C. The van der Waals surface area contributed by atoms with Gasteiger partial charge in [-0.05, 0) is 70.0 Å². The van der Waals surface area contributed by atoms with Crippen LogP contribution in [0.3, 0.4) is 0 Å². The van der Waals surface area contributed by atoms with E-state index < -0.39 is 5.63 Å². The quantitative estimate of drug-likeness (QED) is 0.431. The van der Waals surface area contributed by atoms with Gasteiger partial charge in [0.2, 0.25) is 5.91 Å². The van der Waals surface area contributed by atoms with Crippen LogP contribution in [-0.4, -0.2) is 17.5 Å². The summed E-state index contributed by atoms with van der Waals surface area (Å²) in [5, 5.41) is 3.69. The molecular formula is C25H28N2O4. The third-order valence-corrected chi connectivity index (χ3v) is 5.18. The summed E-state index contributed by atoms with van der Waals surface area (Å²) in [6.45, 7) is 8.62. The van der Waals surface area contributed by atoms with Gasteiger partial charge in [-0.1, -0.05) is 11.6 Å². The highest BCUT2D eigenvalue weighted by atomic mass is 16.5. The minimum absolute atomic E-state index is 0.135. The molecule has 0 aliphatic heterocycles. The van der Waals surface area contributed by atoms with Gasteiger partial charge in [0.25, 0.3) is 0 Å². The lowest BCUT2D eigenvalue weighted by molar-refractivity contribution is -0.121. The highest BCUT2D eigenvalue weighted by Crippen LogP contribution is 2.29. The first-order valence-corrected chi connectivity index (χ1v) is 10.4. The number of aryl methyl sites for hydroxylation is 2. The molecule has 1 amide bonds. The first kappa shape index (κ1) is 22.3. The number of carbonyl (C=O) groups is 1. The number of amides is 1. The van der Waals surface area contributed by atoms with Crippen LogP contribution in [0.1, 0.15) is 42.7 Å². The van der Waals surface area contributed by atoms with Crippen LogP contribution in [-0.2, 0) is 17.8 Å². The van der Waals surface area contributed by atoms with Crippen LogP contribution in [0.4, 0.5) is 0 Å². The van der Waals surface area contributed by atoms with Crippen molar-refractivity contribution in [2.75, 3.05) is 6.61 Å². The number of carbonyl (C=O) groups excluding carboxylic acids is 1. The molecule has 2 heterocycles. The van der Waals surface area contributed by atoms with E-state index in [1.165, 1.54) is 5.57 Å². The predicted molar refractivity (Wildman–Crippen MR) is 121 cm³/mol. The van der Waals surface area contributed by atoms with Gasteiger partial charge in [0.15, 0.2) is 0 Å². The predicted octanol–water partition coefficient (Wildman–Crippen LogP) is 4.40. The molecule has 31 heavy (non-hydrogen) atoms. The van der Waals surface area contributed by atoms with Gasteiger partial charge in [-0.15, -0.1) is 0 Å². The van der Waals surface area contributed by atoms with Crippen molar-refractivity contribution in [3.05, 3.63) is 81.0 Å². The zero-order valence-electron chi connectivity index (χ0n) is 18.5. The van der Waals surface area contributed by atoms with Crippen molar-refractivity contribution in [2.24, 2.45) is 0 Å². The largest absolute Gasteiger partial charge is 0.489 e. The molecule has 6 heteroatoms. The smallest absolute Gasteiger partial charge is 0.339 e. The second-order valence-electron chi connectivity index (χ2n) is 7.75. The number of pyridine rings is 1. The summed E-state index contributed by atoms with van der Waals surface area (Å²) < 4.78 is 11.5. The fraction of sp³-hybridized carbons (Fsp3) is 0.320. The third kappa shape index (κ3) is 5.60. The molecule has 162 valence electrons. The van der Waals surface area contributed by atoms with Crippen LogP contribution in [0.2, 0.25) is 0 Å². The molecule has 0 radical (unpaired) electrons. The van der Waals surface area contributed by atoms with Crippen LogP contribution in [0.25, 0.3) is 11.0 Å². The summed E-state index contributed by atoms with van der Waals surface area (Å²) in [5.74, 6) is 0.554. The first-order valence-electron chi connectivity index (χ1n) is 10.4. The van der Waals surface area contributed by atoms with Crippen LogP contribution >= 0.6 is 0 Å². The number of benzene rings is 1. The van der Waals surface area contributed by atoms with Crippen molar-refractivity contribution in [1.29, 1.82) is 0 Å². The van der Waals surface area contributed by atoms with E-state index in [1.54, 1.807) is 6.20 Å². The highest BCUT2D eigenvalue weighted by Gasteiger charge is 2.16. The maximum Gasteiger partial charge on any atom is 0.339 e. The summed E-state index contributed by atoms with van der Waals surface area (Å²) in [5.41, 5.74) is 4.23. The Morgan fingerprint density at radius 1 is 1.16 bits per heavy atom. The van der Waals surface area contributed by atoms with E-state index in [-0.39, 0.29) is 12.3 Å². The van der Waals surface area contributed by atoms with Gasteiger partial charge in [0.05, 0.1) is 12.2 Å². The second-order valence-corrected chi connectivity index (χ2v) is 7.75. The zero-order valence-corrected chi connectivity index (χ0v) is 18.5. The molecular weight excluding hydrogens is 392 g/mol. The molecule has 1 aromatic carbocycles. The lowest BCUT2D eigenvalue weighted by Gasteiger charge is -2.13. The number of aromatic nitrogens is 1. The normalized spacial score (nSPS) is 10.7. The summed E-state index contributed by atoms with van der Waals surface area (Å²) in [4.78, 5) is 29.1. The maximum absolute atomic E-state index is 12.7. The van der Waals surface area contributed by atoms with Gasteiger partial charge >= 0.3 is 5.63 Å². The van der Waals surface area contributed by atoms with Crippen molar-refractivity contribution in [3.63, 3.8) is 0 Å². The average molecular weight is 421 g/mol. The summed E-state index contributed by atoms with van der Waals surface area (Å²) >= 11 is 0. The summed E-state index contributed by atoms with van der Waals surface area (Å²) in [6, 6.07) is 9.35. The zero-order chi connectivity index (χ0) is 22.4. The molecule has 0 atom stereocenters. The molecule has 0 fully saturated rings. The molecule has 0 saturated carbocycles. The van der Waals surface area contributed by atoms with Gasteiger partial charge in [0.1, 0.15) is 17.9 Å². The van der Waals surface area contributed by atoms with Gasteiger partial charge < -0.3 is 14.5 Å². The topological polar surface area (TPSA) is 81.4 Å². The summed E-state index contributed by atoms with van der Waals surface area (Å²) in [7, 11) is 0. The molecule has 0 saturated heterocycles. The van der Waals surface area contributed by atoms with E-state index in [0.29, 0.717) is 36.5 Å². The lowest BCUT2D eigenvalue weighted by atomic mass is 10.00. The molecule has 3 rings (SSSR count). The van der Waals surface area contributed by atoms with E-state index >= 15 is 0 Å². The number of ether oxygens (including phenoxy) is 1. The average Bonchev–Trinajstić information content (AvgIpc) is 2.74. The van der Waals surface area contributed by atoms with E-state index in [1.807, 2.05) is 64.1 Å². The maximum atomic E-state index is 12.7. The van der Waals surface area contributed by atoms with Crippen molar-refractivity contribution >= 4 is 16.9 Å². The van der Waals surface area contributed by atoms with Crippen molar-refractivity contribution in [2.45, 2.75) is 47.1 Å². The van der Waals surface area contributed by atoms with E-state index in [9.17, 15) is 9.59 Å². The van der Waals surface area contributed by atoms with E-state index in [0.717, 1.165) is 22.2 Å². The van der Waals surface area contributed by atoms with Crippen LogP contribution < -0.4 is 15.7 Å². The van der Waals surface area contributed by atoms with Crippen LogP contribution in [0.15, 0.2) is 57.4 Å². The van der Waals surface area contributed by atoms with Crippen molar-refractivity contribution < 1.29 is 13.9 Å². The molecule has 0 bridgehead atoms. The number of hydrogen-bond acceptors (Lipinski definition) is 5. The number of nitrogens with one attached hydrogen (secondary N) is 1. The Morgan fingerprint density at radius 2 is 1.97 bits per heavy atom. The Balaban J connectivity index is 1.73. The lowest BCUT2D eigenvalue weighted by Crippen LogP contribution is -2.24. The molecule has 0 spiro atoms. The van der Waals surface area contributed by atoms with Gasteiger partial charge in [0, 0.05) is 29.1 Å². The number of nitrogens with zero attached hydrogens (tertiary/aromatic N) is 1.